The summed E-state index contributed by atoms with van der Waals surface area (Å²) in [5, 5.41) is 0. The molecule has 0 aromatic heterocycles. The van der Waals surface area contributed by atoms with Crippen LogP contribution < -0.4 is 0 Å². The van der Waals surface area contributed by atoms with Crippen molar-refractivity contribution < 1.29 is 22.0 Å². The molecular weight excluding hydrogens is 239 g/mol. The van der Waals surface area contributed by atoms with Crippen molar-refractivity contribution in [3.8, 4) is 11.8 Å². The number of benzene rings is 1. The number of unbranched alkanes of at least 4 members (excludes halogenated alkanes) is 2. The van der Waals surface area contributed by atoms with Gasteiger partial charge in [-0.2, -0.15) is 0 Å². The fraction of sp³-hybridized carbons (Fsp3) is 0.333. The van der Waals surface area contributed by atoms with Gasteiger partial charge in [-0.1, -0.05) is 25.2 Å². The monoisotopic (exact) mass is 248 g/mol. The molecule has 0 radical (unpaired) electrons. The second-order valence-electron chi connectivity index (χ2n) is 3.35. The van der Waals surface area contributed by atoms with Gasteiger partial charge in [-0.05, 0) is 6.42 Å². The topological polar surface area (TPSA) is 0 Å². The Morgan fingerprint density at radius 2 is 1.29 bits per heavy atom. The molecular formula is C12H9F5. The van der Waals surface area contributed by atoms with Gasteiger partial charge in [-0.3, -0.25) is 0 Å². The van der Waals surface area contributed by atoms with E-state index in [1.807, 2.05) is 12.8 Å². The highest BCUT2D eigenvalue weighted by atomic mass is 19.2. The van der Waals surface area contributed by atoms with Gasteiger partial charge in [0.1, 0.15) is 5.56 Å². The molecule has 0 unspecified atom stereocenters. The molecule has 0 spiro atoms. The van der Waals surface area contributed by atoms with Crippen molar-refractivity contribution in [3.63, 3.8) is 0 Å². The van der Waals surface area contributed by atoms with Crippen LogP contribution in [0.2, 0.25) is 0 Å². The normalized spacial score (nSPS) is 10.0. The van der Waals surface area contributed by atoms with Crippen LogP contribution >= 0.6 is 0 Å². The summed E-state index contributed by atoms with van der Waals surface area (Å²) in [6, 6.07) is 0. The molecule has 0 aliphatic heterocycles. The molecule has 0 heterocycles. The van der Waals surface area contributed by atoms with Crippen LogP contribution in [0.15, 0.2) is 0 Å². The van der Waals surface area contributed by atoms with Crippen LogP contribution in [0.1, 0.15) is 31.7 Å². The van der Waals surface area contributed by atoms with Crippen LogP contribution in [0, 0.1) is 40.9 Å². The Labute approximate surface area is 95.4 Å². The summed E-state index contributed by atoms with van der Waals surface area (Å²) in [5.41, 5.74) is -1.07. The summed E-state index contributed by atoms with van der Waals surface area (Å²) in [6.07, 6.45) is 1.87. The minimum Gasteiger partial charge on any atom is -0.202 e. The van der Waals surface area contributed by atoms with E-state index in [9.17, 15) is 22.0 Å². The average Bonchev–Trinajstić information content (AvgIpc) is 2.33. The fourth-order valence-corrected chi connectivity index (χ4v) is 1.13. The average molecular weight is 248 g/mol. The maximum atomic E-state index is 13.1. The Kier molecular flexibility index (Phi) is 4.50. The van der Waals surface area contributed by atoms with Crippen molar-refractivity contribution in [3.05, 3.63) is 34.6 Å². The lowest BCUT2D eigenvalue weighted by atomic mass is 10.1. The third-order valence-electron chi connectivity index (χ3n) is 2.08. The van der Waals surface area contributed by atoms with E-state index in [0.717, 1.165) is 6.42 Å². The summed E-state index contributed by atoms with van der Waals surface area (Å²) in [7, 11) is 0. The van der Waals surface area contributed by atoms with Crippen LogP contribution in [0.4, 0.5) is 22.0 Å². The highest BCUT2D eigenvalue weighted by Gasteiger charge is 2.24. The maximum absolute atomic E-state index is 13.1. The summed E-state index contributed by atoms with van der Waals surface area (Å²) in [6.45, 7) is 1.89. The highest BCUT2D eigenvalue weighted by Crippen LogP contribution is 2.22. The number of halogens is 5. The smallest absolute Gasteiger partial charge is 0.200 e. The zero-order valence-corrected chi connectivity index (χ0v) is 9.01. The molecule has 0 N–H and O–H groups in total. The first kappa shape index (κ1) is 13.5. The van der Waals surface area contributed by atoms with E-state index in [4.69, 9.17) is 0 Å². The van der Waals surface area contributed by atoms with E-state index in [2.05, 4.69) is 5.92 Å². The third-order valence-corrected chi connectivity index (χ3v) is 2.08. The molecule has 1 aromatic rings. The standard InChI is InChI=1S/C12H9F5/c1-2-3-4-5-6-7-8(13)10(15)12(17)11(16)9(7)14/h2-4H2,1H3. The Morgan fingerprint density at radius 1 is 0.824 bits per heavy atom. The largest absolute Gasteiger partial charge is 0.202 e. The molecule has 0 aliphatic rings. The molecule has 0 amide bonds. The Hall–Kier alpha value is -1.57. The third kappa shape index (κ3) is 2.76. The van der Waals surface area contributed by atoms with Gasteiger partial charge in [0.15, 0.2) is 23.3 Å². The summed E-state index contributed by atoms with van der Waals surface area (Å²) in [5.74, 6) is -5.52. The van der Waals surface area contributed by atoms with Gasteiger partial charge in [-0.25, -0.2) is 22.0 Å². The molecule has 0 aliphatic carbocycles. The lowest BCUT2D eigenvalue weighted by Crippen LogP contribution is -2.04. The first-order chi connectivity index (χ1) is 8.00. The highest BCUT2D eigenvalue weighted by molar-refractivity contribution is 5.38. The number of rotatable bonds is 2. The lowest BCUT2D eigenvalue weighted by Gasteiger charge is -2.02. The molecule has 0 bridgehead atoms. The van der Waals surface area contributed by atoms with Gasteiger partial charge in [0.25, 0.3) is 0 Å². The Bertz CT molecular complexity index is 453. The maximum Gasteiger partial charge on any atom is 0.200 e. The zero-order chi connectivity index (χ0) is 13.0. The van der Waals surface area contributed by atoms with Gasteiger partial charge in [0.2, 0.25) is 5.82 Å². The predicted molar refractivity (Wildman–Crippen MR) is 52.6 cm³/mol. The second kappa shape index (κ2) is 5.67. The van der Waals surface area contributed by atoms with Crippen LogP contribution in [-0.2, 0) is 0 Å². The minimum atomic E-state index is -2.17. The summed E-state index contributed by atoms with van der Waals surface area (Å²) in [4.78, 5) is 0. The molecule has 0 atom stereocenters. The Morgan fingerprint density at radius 3 is 1.76 bits per heavy atom. The number of hydrogen-bond acceptors (Lipinski definition) is 0. The van der Waals surface area contributed by atoms with E-state index < -0.39 is 34.6 Å². The second-order valence-corrected chi connectivity index (χ2v) is 3.35. The van der Waals surface area contributed by atoms with Crippen molar-refractivity contribution in [1.82, 2.24) is 0 Å². The van der Waals surface area contributed by atoms with Crippen LogP contribution in [-0.4, -0.2) is 0 Å². The predicted octanol–water partition coefficient (Wildman–Crippen LogP) is 3.92. The SMILES string of the molecule is CCCCC#Cc1c(F)c(F)c(F)c(F)c1F. The van der Waals surface area contributed by atoms with Crippen molar-refractivity contribution in [1.29, 1.82) is 0 Å². The first-order valence-corrected chi connectivity index (χ1v) is 5.01. The molecule has 0 saturated heterocycles. The molecule has 92 valence electrons. The van der Waals surface area contributed by atoms with E-state index >= 15 is 0 Å². The molecule has 1 rings (SSSR count). The van der Waals surface area contributed by atoms with Crippen LogP contribution in [0.3, 0.4) is 0 Å². The van der Waals surface area contributed by atoms with Crippen molar-refractivity contribution >= 4 is 0 Å². The summed E-state index contributed by atoms with van der Waals surface area (Å²) >= 11 is 0. The molecule has 5 heteroatoms. The van der Waals surface area contributed by atoms with Gasteiger partial charge in [-0.15, -0.1) is 0 Å². The summed E-state index contributed by atoms with van der Waals surface area (Å²) < 4.78 is 64.3. The van der Waals surface area contributed by atoms with Gasteiger partial charge >= 0.3 is 0 Å². The van der Waals surface area contributed by atoms with Crippen LogP contribution in [0.5, 0.6) is 0 Å². The zero-order valence-electron chi connectivity index (χ0n) is 9.01. The van der Waals surface area contributed by atoms with Gasteiger partial charge < -0.3 is 0 Å². The van der Waals surface area contributed by atoms with Gasteiger partial charge in [0, 0.05) is 6.42 Å². The van der Waals surface area contributed by atoms with Gasteiger partial charge in [0.05, 0.1) is 0 Å². The molecule has 0 nitrogen and oxygen atoms in total. The van der Waals surface area contributed by atoms with Crippen molar-refractivity contribution in [2.24, 2.45) is 0 Å². The molecule has 1 aromatic carbocycles. The lowest BCUT2D eigenvalue weighted by molar-refractivity contribution is 0.376. The van der Waals surface area contributed by atoms with Crippen molar-refractivity contribution in [2.45, 2.75) is 26.2 Å². The first-order valence-electron chi connectivity index (χ1n) is 5.01. The minimum absolute atomic E-state index is 0.343. The fourth-order valence-electron chi connectivity index (χ4n) is 1.13. The van der Waals surface area contributed by atoms with Crippen LogP contribution in [0.25, 0.3) is 0 Å². The van der Waals surface area contributed by atoms with E-state index in [0.29, 0.717) is 12.8 Å². The molecule has 0 saturated carbocycles. The van der Waals surface area contributed by atoms with E-state index in [-0.39, 0.29) is 0 Å². The van der Waals surface area contributed by atoms with Crippen molar-refractivity contribution in [2.75, 3.05) is 0 Å². The molecule has 0 fully saturated rings. The quantitative estimate of drug-likeness (QED) is 0.244. The van der Waals surface area contributed by atoms with E-state index in [1.54, 1.807) is 0 Å². The Balaban J connectivity index is 3.19. The number of hydrogen-bond donors (Lipinski definition) is 0. The molecule has 17 heavy (non-hydrogen) atoms. The van der Waals surface area contributed by atoms with E-state index in [1.165, 1.54) is 0 Å².